The van der Waals surface area contributed by atoms with E-state index < -0.39 is 0 Å². The monoisotopic (exact) mass is 230 g/mol. The zero-order valence-electron chi connectivity index (χ0n) is 10.3. The molecular formula is C13H18N4. The summed E-state index contributed by atoms with van der Waals surface area (Å²) in [6.07, 6.45) is 7.72. The minimum Gasteiger partial charge on any atom is -0.308 e. The van der Waals surface area contributed by atoms with Crippen LogP contribution in [0.5, 0.6) is 0 Å². The largest absolute Gasteiger partial charge is 0.308 e. The highest BCUT2D eigenvalue weighted by Gasteiger charge is 1.99. The molecule has 0 aliphatic heterocycles. The summed E-state index contributed by atoms with van der Waals surface area (Å²) in [6, 6.07) is 2.05. The van der Waals surface area contributed by atoms with Crippen LogP contribution in [-0.4, -0.2) is 14.8 Å². The molecule has 0 aromatic carbocycles. The van der Waals surface area contributed by atoms with Crippen LogP contribution < -0.4 is 5.32 Å². The number of aryl methyl sites for hydroxylation is 2. The zero-order chi connectivity index (χ0) is 12.1. The molecule has 1 N–H and O–H groups in total. The van der Waals surface area contributed by atoms with Crippen LogP contribution in [-0.2, 0) is 19.6 Å². The van der Waals surface area contributed by atoms with Crippen molar-refractivity contribution >= 4 is 0 Å². The Balaban J connectivity index is 1.85. The molecule has 0 atom stereocenters. The molecule has 0 radical (unpaired) electrons. The lowest BCUT2D eigenvalue weighted by molar-refractivity contribution is 0.655. The van der Waals surface area contributed by atoms with Crippen molar-refractivity contribution in [3.05, 3.63) is 47.5 Å². The molecule has 4 nitrogen and oxygen atoms in total. The van der Waals surface area contributed by atoms with Crippen molar-refractivity contribution in [2.45, 2.75) is 33.5 Å². The van der Waals surface area contributed by atoms with Gasteiger partial charge in [0.25, 0.3) is 0 Å². The van der Waals surface area contributed by atoms with Gasteiger partial charge in [0.05, 0.1) is 6.20 Å². The van der Waals surface area contributed by atoms with Gasteiger partial charge >= 0.3 is 0 Å². The Morgan fingerprint density at radius 2 is 2.18 bits per heavy atom. The third-order valence-electron chi connectivity index (χ3n) is 2.79. The number of rotatable bonds is 5. The van der Waals surface area contributed by atoms with Crippen molar-refractivity contribution in [3.63, 3.8) is 0 Å². The molecule has 2 rings (SSSR count). The lowest BCUT2D eigenvalue weighted by atomic mass is 10.1. The van der Waals surface area contributed by atoms with Gasteiger partial charge in [0.15, 0.2) is 0 Å². The van der Waals surface area contributed by atoms with Gasteiger partial charge < -0.3 is 5.32 Å². The third-order valence-corrected chi connectivity index (χ3v) is 2.79. The van der Waals surface area contributed by atoms with Crippen LogP contribution in [0.4, 0.5) is 0 Å². The van der Waals surface area contributed by atoms with Crippen molar-refractivity contribution in [3.8, 4) is 0 Å². The Labute approximate surface area is 102 Å². The number of nitrogens with one attached hydrogen (secondary N) is 1. The van der Waals surface area contributed by atoms with Gasteiger partial charge in [0.1, 0.15) is 0 Å². The average Bonchev–Trinajstić information content (AvgIpc) is 2.80. The minimum absolute atomic E-state index is 0.849. The first-order valence-corrected chi connectivity index (χ1v) is 5.91. The molecule has 0 saturated heterocycles. The average molecular weight is 230 g/mol. The fourth-order valence-corrected chi connectivity index (χ4v) is 1.71. The normalized spacial score (nSPS) is 10.7. The molecule has 4 heteroatoms. The highest BCUT2D eigenvalue weighted by molar-refractivity contribution is 5.21. The Morgan fingerprint density at radius 1 is 1.29 bits per heavy atom. The lowest BCUT2D eigenvalue weighted by Gasteiger charge is -2.05. The predicted octanol–water partition coefficient (Wildman–Crippen LogP) is 1.90. The van der Waals surface area contributed by atoms with E-state index in [0.717, 1.165) is 19.6 Å². The van der Waals surface area contributed by atoms with E-state index in [9.17, 15) is 0 Å². The van der Waals surface area contributed by atoms with Gasteiger partial charge in [-0.25, -0.2) is 0 Å². The van der Waals surface area contributed by atoms with E-state index >= 15 is 0 Å². The SMILES string of the molecule is CCn1cc(CNCc2ccncc2C)cn1. The van der Waals surface area contributed by atoms with Gasteiger partial charge in [0, 0.05) is 43.8 Å². The van der Waals surface area contributed by atoms with E-state index in [1.165, 1.54) is 16.7 Å². The first-order valence-electron chi connectivity index (χ1n) is 5.91. The molecule has 0 fully saturated rings. The second kappa shape index (κ2) is 5.59. The summed E-state index contributed by atoms with van der Waals surface area (Å²) in [5.41, 5.74) is 3.74. The summed E-state index contributed by atoms with van der Waals surface area (Å²) < 4.78 is 1.94. The number of hydrogen-bond donors (Lipinski definition) is 1. The highest BCUT2D eigenvalue weighted by Crippen LogP contribution is 2.05. The van der Waals surface area contributed by atoms with Crippen LogP contribution in [0, 0.1) is 6.92 Å². The van der Waals surface area contributed by atoms with Crippen LogP contribution in [0.25, 0.3) is 0 Å². The molecule has 17 heavy (non-hydrogen) atoms. The topological polar surface area (TPSA) is 42.7 Å². The fourth-order valence-electron chi connectivity index (χ4n) is 1.71. The van der Waals surface area contributed by atoms with E-state index in [-0.39, 0.29) is 0 Å². The first kappa shape index (κ1) is 11.8. The molecule has 2 heterocycles. The van der Waals surface area contributed by atoms with Crippen LogP contribution >= 0.6 is 0 Å². The van der Waals surface area contributed by atoms with Crippen LogP contribution in [0.3, 0.4) is 0 Å². The summed E-state index contributed by atoms with van der Waals surface area (Å²) >= 11 is 0. The molecule has 0 saturated carbocycles. The summed E-state index contributed by atoms with van der Waals surface area (Å²) in [5, 5.41) is 7.66. The molecule has 0 bridgehead atoms. The summed E-state index contributed by atoms with van der Waals surface area (Å²) in [7, 11) is 0. The van der Waals surface area contributed by atoms with Gasteiger partial charge in [-0.05, 0) is 31.0 Å². The molecule has 0 amide bonds. The Morgan fingerprint density at radius 3 is 2.88 bits per heavy atom. The standard InChI is InChI=1S/C13H18N4/c1-3-17-10-12(8-16-17)7-15-9-13-4-5-14-6-11(13)2/h4-6,8,10,15H,3,7,9H2,1-2H3. The number of hydrogen-bond acceptors (Lipinski definition) is 3. The molecule has 0 spiro atoms. The van der Waals surface area contributed by atoms with E-state index in [4.69, 9.17) is 0 Å². The van der Waals surface area contributed by atoms with E-state index in [1.54, 1.807) is 0 Å². The first-order chi connectivity index (χ1) is 8.29. The third kappa shape index (κ3) is 3.14. The second-order valence-corrected chi connectivity index (χ2v) is 4.11. The molecule has 0 unspecified atom stereocenters. The molecule has 2 aromatic rings. The molecule has 90 valence electrons. The maximum atomic E-state index is 4.24. The summed E-state index contributed by atoms with van der Waals surface area (Å²) in [4.78, 5) is 4.08. The quantitative estimate of drug-likeness (QED) is 0.853. The van der Waals surface area contributed by atoms with Crippen molar-refractivity contribution in [2.24, 2.45) is 0 Å². The Kier molecular flexibility index (Phi) is 3.88. The van der Waals surface area contributed by atoms with Crippen LogP contribution in [0.15, 0.2) is 30.9 Å². The van der Waals surface area contributed by atoms with Crippen LogP contribution in [0.2, 0.25) is 0 Å². The Bertz CT molecular complexity index is 476. The van der Waals surface area contributed by atoms with Gasteiger partial charge in [-0.3, -0.25) is 9.67 Å². The van der Waals surface area contributed by atoms with E-state index in [2.05, 4.69) is 41.5 Å². The van der Waals surface area contributed by atoms with E-state index in [0.29, 0.717) is 0 Å². The van der Waals surface area contributed by atoms with Crippen molar-refractivity contribution in [1.82, 2.24) is 20.1 Å². The van der Waals surface area contributed by atoms with Gasteiger partial charge in [-0.15, -0.1) is 0 Å². The molecule has 0 aliphatic carbocycles. The van der Waals surface area contributed by atoms with Gasteiger partial charge in [-0.1, -0.05) is 0 Å². The number of nitrogens with zero attached hydrogens (tertiary/aromatic N) is 3. The van der Waals surface area contributed by atoms with Crippen molar-refractivity contribution < 1.29 is 0 Å². The van der Waals surface area contributed by atoms with Gasteiger partial charge in [-0.2, -0.15) is 5.10 Å². The fraction of sp³-hybridized carbons (Fsp3) is 0.385. The summed E-state index contributed by atoms with van der Waals surface area (Å²) in [5.74, 6) is 0. The van der Waals surface area contributed by atoms with Crippen LogP contribution in [0.1, 0.15) is 23.6 Å². The number of aromatic nitrogens is 3. The molecule has 2 aromatic heterocycles. The number of pyridine rings is 1. The smallest absolute Gasteiger partial charge is 0.0534 e. The minimum atomic E-state index is 0.849. The Hall–Kier alpha value is -1.68. The predicted molar refractivity (Wildman–Crippen MR) is 67.4 cm³/mol. The zero-order valence-corrected chi connectivity index (χ0v) is 10.3. The summed E-state index contributed by atoms with van der Waals surface area (Å²) in [6.45, 7) is 6.81. The van der Waals surface area contributed by atoms with Crippen molar-refractivity contribution in [1.29, 1.82) is 0 Å². The van der Waals surface area contributed by atoms with Crippen molar-refractivity contribution in [2.75, 3.05) is 0 Å². The second-order valence-electron chi connectivity index (χ2n) is 4.11. The highest BCUT2D eigenvalue weighted by atomic mass is 15.3. The lowest BCUT2D eigenvalue weighted by Crippen LogP contribution is -2.13. The maximum absolute atomic E-state index is 4.24. The molecular weight excluding hydrogens is 212 g/mol. The molecule has 0 aliphatic rings. The van der Waals surface area contributed by atoms with Gasteiger partial charge in [0.2, 0.25) is 0 Å². The maximum Gasteiger partial charge on any atom is 0.0534 e. The van der Waals surface area contributed by atoms with E-state index in [1.807, 2.05) is 23.3 Å².